The Labute approximate surface area is 188 Å². The summed E-state index contributed by atoms with van der Waals surface area (Å²) < 4.78 is 0. The van der Waals surface area contributed by atoms with Crippen LogP contribution in [0.1, 0.15) is 18.9 Å². The number of halogens is 1. The lowest BCUT2D eigenvalue weighted by molar-refractivity contribution is -0.116. The topological polar surface area (TPSA) is 78.4 Å². The van der Waals surface area contributed by atoms with E-state index in [1.807, 2.05) is 43.0 Å². The molecule has 1 aromatic heterocycles. The average molecular weight is 513 g/mol. The Morgan fingerprint density at radius 2 is 1.93 bits per heavy atom. The van der Waals surface area contributed by atoms with Crippen molar-refractivity contribution >= 4 is 53.4 Å². The minimum absolute atomic E-state index is 0. The van der Waals surface area contributed by atoms with Gasteiger partial charge in [-0.25, -0.2) is 4.98 Å². The van der Waals surface area contributed by atoms with Crippen LogP contribution in [0.3, 0.4) is 0 Å². The third-order valence-electron chi connectivity index (χ3n) is 3.68. The van der Waals surface area contributed by atoms with E-state index in [9.17, 15) is 4.79 Å². The number of nitrogens with one attached hydrogen (secondary N) is 3. The summed E-state index contributed by atoms with van der Waals surface area (Å²) in [6, 6.07) is 14.0. The number of guanidine groups is 1. The molecular formula is C20H28IN5OS. The molecule has 0 radical (unpaired) electrons. The summed E-state index contributed by atoms with van der Waals surface area (Å²) in [5, 5.41) is 9.63. The first kappa shape index (κ1) is 24.2. The molecule has 28 heavy (non-hydrogen) atoms. The highest BCUT2D eigenvalue weighted by Crippen LogP contribution is 2.21. The monoisotopic (exact) mass is 513 g/mol. The van der Waals surface area contributed by atoms with Crippen LogP contribution in [-0.2, 0) is 4.79 Å². The number of aromatic nitrogens is 1. The Kier molecular flexibility index (Phi) is 11.6. The summed E-state index contributed by atoms with van der Waals surface area (Å²) in [7, 11) is 1.72. The molecule has 0 saturated carbocycles. The van der Waals surface area contributed by atoms with Crippen LogP contribution >= 0.6 is 35.7 Å². The molecule has 0 fully saturated rings. The quantitative estimate of drug-likeness (QED) is 0.217. The first-order chi connectivity index (χ1) is 13.1. The van der Waals surface area contributed by atoms with Gasteiger partial charge in [-0.05, 0) is 30.7 Å². The minimum atomic E-state index is -0.0812. The molecule has 152 valence electrons. The number of aliphatic imine (C=N–C) groups is 1. The van der Waals surface area contributed by atoms with Gasteiger partial charge in [0, 0.05) is 42.9 Å². The molecule has 1 amide bonds. The molecule has 8 heteroatoms. The van der Waals surface area contributed by atoms with Gasteiger partial charge in [0.05, 0.1) is 0 Å². The van der Waals surface area contributed by atoms with Crippen molar-refractivity contribution in [1.82, 2.24) is 15.6 Å². The van der Waals surface area contributed by atoms with Crippen LogP contribution in [0.15, 0.2) is 58.5 Å². The lowest BCUT2D eigenvalue weighted by atomic mass is 10.3. The van der Waals surface area contributed by atoms with Crippen LogP contribution in [-0.4, -0.2) is 42.2 Å². The molecule has 0 aliphatic carbocycles. The Balaban J connectivity index is 0.00000392. The zero-order valence-corrected chi connectivity index (χ0v) is 19.6. The van der Waals surface area contributed by atoms with Gasteiger partial charge in [0.25, 0.3) is 0 Å². The zero-order valence-electron chi connectivity index (χ0n) is 16.4. The number of amides is 1. The predicted molar refractivity (Wildman–Crippen MR) is 129 cm³/mol. The highest BCUT2D eigenvalue weighted by molar-refractivity contribution is 14.0. The SMILES string of the molecule is CN=C(NCCC(=O)Nc1ccc(C)cn1)NCC(C)Sc1ccccc1.I. The van der Waals surface area contributed by atoms with E-state index < -0.39 is 0 Å². The van der Waals surface area contributed by atoms with E-state index in [4.69, 9.17) is 0 Å². The van der Waals surface area contributed by atoms with Gasteiger partial charge in [-0.15, -0.1) is 35.7 Å². The second-order valence-electron chi connectivity index (χ2n) is 6.14. The first-order valence-corrected chi connectivity index (χ1v) is 9.83. The summed E-state index contributed by atoms with van der Waals surface area (Å²) >= 11 is 1.81. The average Bonchev–Trinajstić information content (AvgIpc) is 2.67. The molecule has 1 atom stereocenters. The fourth-order valence-corrected chi connectivity index (χ4v) is 3.22. The molecule has 2 aromatic rings. The smallest absolute Gasteiger partial charge is 0.227 e. The van der Waals surface area contributed by atoms with Gasteiger partial charge >= 0.3 is 0 Å². The summed E-state index contributed by atoms with van der Waals surface area (Å²) in [6.07, 6.45) is 2.07. The largest absolute Gasteiger partial charge is 0.356 e. The second-order valence-corrected chi connectivity index (χ2v) is 7.65. The molecular weight excluding hydrogens is 485 g/mol. The molecule has 0 saturated heterocycles. The maximum Gasteiger partial charge on any atom is 0.227 e. The fourth-order valence-electron chi connectivity index (χ4n) is 2.28. The number of carbonyl (C=O) groups excluding carboxylic acids is 1. The van der Waals surface area contributed by atoms with Gasteiger partial charge in [0.1, 0.15) is 5.82 Å². The number of nitrogens with zero attached hydrogens (tertiary/aromatic N) is 2. The molecule has 3 N–H and O–H groups in total. The Hall–Kier alpha value is -1.81. The fraction of sp³-hybridized carbons (Fsp3) is 0.350. The van der Waals surface area contributed by atoms with Crippen LogP contribution in [0.2, 0.25) is 0 Å². The number of hydrogen-bond donors (Lipinski definition) is 3. The molecule has 0 bridgehead atoms. The lowest BCUT2D eigenvalue weighted by Gasteiger charge is -2.16. The standard InChI is InChI=1S/C20H27N5OS.HI/c1-15-9-10-18(23-13-15)25-19(26)11-12-22-20(21-3)24-14-16(2)27-17-7-5-4-6-8-17;/h4-10,13,16H,11-12,14H2,1-3H3,(H2,21,22,24)(H,23,25,26);1H. The lowest BCUT2D eigenvalue weighted by Crippen LogP contribution is -2.41. The van der Waals surface area contributed by atoms with Crippen LogP contribution in [0.4, 0.5) is 5.82 Å². The van der Waals surface area contributed by atoms with Gasteiger partial charge in [-0.2, -0.15) is 0 Å². The van der Waals surface area contributed by atoms with Crippen LogP contribution in [0, 0.1) is 6.92 Å². The number of hydrogen-bond acceptors (Lipinski definition) is 4. The molecule has 2 rings (SSSR count). The van der Waals surface area contributed by atoms with E-state index in [2.05, 4.69) is 45.0 Å². The Morgan fingerprint density at radius 3 is 2.57 bits per heavy atom. The van der Waals surface area contributed by atoms with Crippen molar-refractivity contribution in [3.63, 3.8) is 0 Å². The van der Waals surface area contributed by atoms with Gasteiger partial charge in [0.15, 0.2) is 5.96 Å². The van der Waals surface area contributed by atoms with Crippen molar-refractivity contribution in [2.45, 2.75) is 30.4 Å². The van der Waals surface area contributed by atoms with E-state index >= 15 is 0 Å². The zero-order chi connectivity index (χ0) is 19.5. The normalized spacial score (nSPS) is 11.9. The summed E-state index contributed by atoms with van der Waals surface area (Å²) in [4.78, 5) is 21.6. The van der Waals surface area contributed by atoms with E-state index in [0.717, 1.165) is 12.1 Å². The minimum Gasteiger partial charge on any atom is -0.356 e. The number of carbonyl (C=O) groups is 1. The maximum absolute atomic E-state index is 12.0. The second kappa shape index (κ2) is 13.4. The van der Waals surface area contributed by atoms with Crippen LogP contribution in [0.25, 0.3) is 0 Å². The summed E-state index contributed by atoms with van der Waals surface area (Å²) in [6.45, 7) is 5.40. The number of benzene rings is 1. The molecule has 0 spiro atoms. The molecule has 6 nitrogen and oxygen atoms in total. The third kappa shape index (κ3) is 9.41. The van der Waals surface area contributed by atoms with Crippen molar-refractivity contribution < 1.29 is 4.79 Å². The van der Waals surface area contributed by atoms with Crippen molar-refractivity contribution in [2.75, 3.05) is 25.5 Å². The number of rotatable bonds is 8. The number of thioether (sulfide) groups is 1. The molecule has 0 aliphatic rings. The highest BCUT2D eigenvalue weighted by Gasteiger charge is 2.07. The Morgan fingerprint density at radius 1 is 1.18 bits per heavy atom. The highest BCUT2D eigenvalue weighted by atomic mass is 127. The van der Waals surface area contributed by atoms with Crippen molar-refractivity contribution in [3.8, 4) is 0 Å². The van der Waals surface area contributed by atoms with Gasteiger partial charge in [0.2, 0.25) is 5.91 Å². The molecule has 1 heterocycles. The molecule has 1 unspecified atom stereocenters. The van der Waals surface area contributed by atoms with Crippen molar-refractivity contribution in [1.29, 1.82) is 0 Å². The molecule has 0 aliphatic heterocycles. The first-order valence-electron chi connectivity index (χ1n) is 8.95. The van der Waals surface area contributed by atoms with Crippen LogP contribution in [0.5, 0.6) is 0 Å². The van der Waals surface area contributed by atoms with E-state index in [1.54, 1.807) is 19.3 Å². The predicted octanol–water partition coefficient (Wildman–Crippen LogP) is 3.68. The number of anilines is 1. The van der Waals surface area contributed by atoms with E-state index in [1.165, 1.54) is 4.90 Å². The van der Waals surface area contributed by atoms with Gasteiger partial charge < -0.3 is 16.0 Å². The number of pyridine rings is 1. The van der Waals surface area contributed by atoms with E-state index in [0.29, 0.717) is 30.0 Å². The third-order valence-corrected chi connectivity index (χ3v) is 4.80. The summed E-state index contributed by atoms with van der Waals surface area (Å²) in [5.74, 6) is 1.18. The summed E-state index contributed by atoms with van der Waals surface area (Å²) in [5.41, 5.74) is 1.06. The van der Waals surface area contributed by atoms with Crippen LogP contribution < -0.4 is 16.0 Å². The van der Waals surface area contributed by atoms with Gasteiger partial charge in [-0.1, -0.05) is 31.2 Å². The van der Waals surface area contributed by atoms with E-state index in [-0.39, 0.29) is 29.9 Å². The maximum atomic E-state index is 12.0. The van der Waals surface area contributed by atoms with Crippen molar-refractivity contribution in [2.24, 2.45) is 4.99 Å². The number of aryl methyl sites for hydroxylation is 1. The Bertz CT molecular complexity index is 740. The molecule has 1 aromatic carbocycles. The van der Waals surface area contributed by atoms with Crippen molar-refractivity contribution in [3.05, 3.63) is 54.2 Å². The van der Waals surface area contributed by atoms with Gasteiger partial charge in [-0.3, -0.25) is 9.79 Å².